The van der Waals surface area contributed by atoms with Crippen molar-refractivity contribution in [2.75, 3.05) is 31.0 Å². The number of nitro benzene ring substituents is 1. The van der Waals surface area contributed by atoms with Crippen molar-refractivity contribution in [2.45, 2.75) is 6.61 Å². The fourth-order valence-corrected chi connectivity index (χ4v) is 4.87. The molecule has 0 saturated carbocycles. The summed E-state index contributed by atoms with van der Waals surface area (Å²) in [6, 6.07) is 19.7. The number of carbonyl (C=O) groups is 1. The van der Waals surface area contributed by atoms with E-state index in [0.29, 0.717) is 15.8 Å². The van der Waals surface area contributed by atoms with E-state index in [4.69, 9.17) is 21.7 Å². The second-order valence-electron chi connectivity index (χ2n) is 8.02. The quantitative estimate of drug-likeness (QED) is 0.163. The molecule has 184 valence electrons. The number of thioether (sulfide) groups is 1. The van der Waals surface area contributed by atoms with E-state index >= 15 is 0 Å². The summed E-state index contributed by atoms with van der Waals surface area (Å²) in [5.74, 6) is 0.205. The summed E-state index contributed by atoms with van der Waals surface area (Å²) in [6.45, 7) is 0.221. The van der Waals surface area contributed by atoms with Gasteiger partial charge in [-0.1, -0.05) is 54.3 Å². The Kier molecular flexibility index (Phi) is 7.56. The molecule has 0 N–H and O–H groups in total. The van der Waals surface area contributed by atoms with E-state index in [9.17, 15) is 14.9 Å². The number of nitrogens with zero attached hydrogens (tertiary/aromatic N) is 3. The van der Waals surface area contributed by atoms with Crippen LogP contribution in [0.25, 0.3) is 6.08 Å². The zero-order chi connectivity index (χ0) is 25.8. The van der Waals surface area contributed by atoms with Crippen LogP contribution in [-0.2, 0) is 11.4 Å². The van der Waals surface area contributed by atoms with Gasteiger partial charge in [0.05, 0.1) is 34.3 Å². The summed E-state index contributed by atoms with van der Waals surface area (Å²) in [5.41, 5.74) is 2.53. The van der Waals surface area contributed by atoms with Crippen LogP contribution in [0.5, 0.6) is 11.5 Å². The molecule has 36 heavy (non-hydrogen) atoms. The normalized spacial score (nSPS) is 14.3. The number of amides is 1. The van der Waals surface area contributed by atoms with Crippen LogP contribution in [0.3, 0.4) is 0 Å². The third-order valence-corrected chi connectivity index (χ3v) is 6.75. The summed E-state index contributed by atoms with van der Waals surface area (Å²) in [7, 11) is 5.31. The van der Waals surface area contributed by atoms with Crippen LogP contribution in [0.4, 0.5) is 17.1 Å². The van der Waals surface area contributed by atoms with Crippen molar-refractivity contribution >= 4 is 57.3 Å². The first kappa shape index (κ1) is 25.2. The SMILES string of the molecule is COc1cc(/C=C2/SC(=S)N(c3ccc(N(C)C)cc3)C2=O)c([N+](=O)[O-])cc1OCc1ccccc1. The van der Waals surface area contributed by atoms with Gasteiger partial charge < -0.3 is 14.4 Å². The Morgan fingerprint density at radius 3 is 2.39 bits per heavy atom. The van der Waals surface area contributed by atoms with E-state index in [-0.39, 0.29) is 34.4 Å². The Bertz CT molecular complexity index is 1340. The van der Waals surface area contributed by atoms with Gasteiger partial charge in [-0.25, -0.2) is 0 Å². The topological polar surface area (TPSA) is 85.2 Å². The summed E-state index contributed by atoms with van der Waals surface area (Å²) >= 11 is 6.54. The highest BCUT2D eigenvalue weighted by Gasteiger charge is 2.34. The van der Waals surface area contributed by atoms with E-state index in [2.05, 4.69) is 0 Å². The molecule has 10 heteroatoms. The number of rotatable bonds is 8. The lowest BCUT2D eigenvalue weighted by Crippen LogP contribution is -2.27. The smallest absolute Gasteiger partial charge is 0.280 e. The Hall–Kier alpha value is -3.89. The number of carbonyl (C=O) groups excluding carboxylic acids is 1. The van der Waals surface area contributed by atoms with Gasteiger partial charge in [0.2, 0.25) is 0 Å². The number of anilines is 2. The van der Waals surface area contributed by atoms with Crippen LogP contribution < -0.4 is 19.3 Å². The molecule has 3 aromatic rings. The van der Waals surface area contributed by atoms with Gasteiger partial charge in [0.25, 0.3) is 11.6 Å². The van der Waals surface area contributed by atoms with Crippen LogP contribution >= 0.6 is 24.0 Å². The first-order valence-electron chi connectivity index (χ1n) is 10.9. The molecule has 1 fully saturated rings. The van der Waals surface area contributed by atoms with Crippen LogP contribution in [0, 0.1) is 10.1 Å². The number of nitro groups is 1. The Balaban J connectivity index is 1.64. The summed E-state index contributed by atoms with van der Waals surface area (Å²) < 4.78 is 11.6. The van der Waals surface area contributed by atoms with Gasteiger partial charge in [0.15, 0.2) is 15.8 Å². The monoisotopic (exact) mass is 521 g/mol. The minimum Gasteiger partial charge on any atom is -0.493 e. The minimum atomic E-state index is -0.513. The maximum atomic E-state index is 13.2. The van der Waals surface area contributed by atoms with Gasteiger partial charge in [-0.05, 0) is 42.0 Å². The Morgan fingerprint density at radius 1 is 1.08 bits per heavy atom. The van der Waals surface area contributed by atoms with Crippen molar-refractivity contribution in [3.05, 3.63) is 92.9 Å². The lowest BCUT2D eigenvalue weighted by atomic mass is 10.1. The van der Waals surface area contributed by atoms with E-state index in [1.165, 1.54) is 30.2 Å². The molecule has 1 heterocycles. The highest BCUT2D eigenvalue weighted by molar-refractivity contribution is 8.27. The van der Waals surface area contributed by atoms with E-state index < -0.39 is 4.92 Å². The van der Waals surface area contributed by atoms with Crippen LogP contribution in [0.15, 0.2) is 71.6 Å². The van der Waals surface area contributed by atoms with Crippen molar-refractivity contribution < 1.29 is 19.2 Å². The standard InChI is InChI=1S/C26H23N3O5S2/c1-27(2)19-9-11-20(12-10-19)28-25(30)24(36-26(28)35)14-18-13-22(33-3)23(15-21(18)29(31)32)34-16-17-7-5-4-6-8-17/h4-15H,16H2,1-3H3/b24-14+. The number of thiocarbonyl (C=S) groups is 1. The molecule has 4 rings (SSSR count). The van der Waals surface area contributed by atoms with E-state index in [1.54, 1.807) is 0 Å². The zero-order valence-electron chi connectivity index (χ0n) is 19.8. The average Bonchev–Trinajstić information content (AvgIpc) is 3.15. The highest BCUT2D eigenvalue weighted by Crippen LogP contribution is 2.40. The molecule has 1 amide bonds. The second-order valence-corrected chi connectivity index (χ2v) is 9.70. The summed E-state index contributed by atoms with van der Waals surface area (Å²) in [6.07, 6.45) is 1.47. The average molecular weight is 522 g/mol. The largest absolute Gasteiger partial charge is 0.493 e. The molecule has 0 unspecified atom stereocenters. The molecule has 0 bridgehead atoms. The lowest BCUT2D eigenvalue weighted by molar-refractivity contribution is -0.385. The maximum absolute atomic E-state index is 13.2. The number of methoxy groups -OCH3 is 1. The van der Waals surface area contributed by atoms with Crippen LogP contribution in [0.2, 0.25) is 0 Å². The number of ether oxygens (including phenoxy) is 2. The van der Waals surface area contributed by atoms with Gasteiger partial charge in [-0.3, -0.25) is 19.8 Å². The molecule has 0 aliphatic carbocycles. The van der Waals surface area contributed by atoms with Crippen molar-refractivity contribution in [3.8, 4) is 11.5 Å². The molecule has 0 atom stereocenters. The van der Waals surface area contributed by atoms with Gasteiger partial charge >= 0.3 is 0 Å². The third kappa shape index (κ3) is 5.34. The van der Waals surface area contributed by atoms with Crippen molar-refractivity contribution in [2.24, 2.45) is 0 Å². The molecule has 0 spiro atoms. The first-order chi connectivity index (χ1) is 17.3. The molecule has 3 aromatic carbocycles. The van der Waals surface area contributed by atoms with Gasteiger partial charge in [-0.15, -0.1) is 0 Å². The molecule has 8 nitrogen and oxygen atoms in total. The lowest BCUT2D eigenvalue weighted by Gasteiger charge is -2.17. The Morgan fingerprint density at radius 2 is 1.78 bits per heavy atom. The fourth-order valence-electron chi connectivity index (χ4n) is 3.58. The molecule has 1 saturated heterocycles. The molecule has 1 aliphatic heterocycles. The zero-order valence-corrected chi connectivity index (χ0v) is 21.5. The minimum absolute atomic E-state index is 0.209. The van der Waals surface area contributed by atoms with E-state index in [1.807, 2.05) is 73.6 Å². The van der Waals surface area contributed by atoms with Crippen molar-refractivity contribution in [3.63, 3.8) is 0 Å². The van der Waals surface area contributed by atoms with Crippen molar-refractivity contribution in [1.82, 2.24) is 0 Å². The fraction of sp³-hybridized carbons (Fsp3) is 0.154. The molecule has 0 aromatic heterocycles. The number of hydrogen-bond donors (Lipinski definition) is 0. The summed E-state index contributed by atoms with van der Waals surface area (Å²) in [4.78, 5) is 28.2. The number of hydrogen-bond acceptors (Lipinski definition) is 8. The molecule has 1 aliphatic rings. The first-order valence-corrected chi connectivity index (χ1v) is 12.1. The highest BCUT2D eigenvalue weighted by atomic mass is 32.2. The Labute approximate surface area is 218 Å². The van der Waals surface area contributed by atoms with Gasteiger partial charge in [0, 0.05) is 19.8 Å². The predicted molar refractivity (Wildman–Crippen MR) is 147 cm³/mol. The molecular formula is C26H23N3O5S2. The van der Waals surface area contributed by atoms with Crippen LogP contribution in [0.1, 0.15) is 11.1 Å². The van der Waals surface area contributed by atoms with Crippen molar-refractivity contribution in [1.29, 1.82) is 0 Å². The van der Waals surface area contributed by atoms with Gasteiger partial charge in [-0.2, -0.15) is 0 Å². The number of benzene rings is 3. The van der Waals surface area contributed by atoms with Gasteiger partial charge in [0.1, 0.15) is 6.61 Å². The molecular weight excluding hydrogens is 498 g/mol. The third-order valence-electron chi connectivity index (χ3n) is 5.45. The molecule has 0 radical (unpaired) electrons. The van der Waals surface area contributed by atoms with E-state index in [0.717, 1.165) is 23.0 Å². The second kappa shape index (κ2) is 10.8. The van der Waals surface area contributed by atoms with Crippen LogP contribution in [-0.4, -0.2) is 36.4 Å². The predicted octanol–water partition coefficient (Wildman–Crippen LogP) is 5.65. The summed E-state index contributed by atoms with van der Waals surface area (Å²) in [5, 5.41) is 11.9. The maximum Gasteiger partial charge on any atom is 0.280 e.